The molecule has 0 spiro atoms. The Morgan fingerprint density at radius 3 is 2.71 bits per heavy atom. The molecule has 0 aliphatic heterocycles. The third-order valence-electron chi connectivity index (χ3n) is 4.76. The Bertz CT molecular complexity index is 605. The van der Waals surface area contributed by atoms with E-state index in [0.29, 0.717) is 0 Å². The zero-order valence-electron chi connectivity index (χ0n) is 11.4. The lowest BCUT2D eigenvalue weighted by molar-refractivity contribution is -0.144. The molecule has 0 radical (unpaired) electrons. The van der Waals surface area contributed by atoms with Gasteiger partial charge in [0.05, 0.1) is 11.5 Å². The minimum absolute atomic E-state index is 0.0573. The third kappa shape index (κ3) is 2.34. The molecule has 2 aliphatic carbocycles. The summed E-state index contributed by atoms with van der Waals surface area (Å²) in [5.74, 6) is -2.16. The molecule has 2 aliphatic rings. The molecule has 1 aromatic carbocycles. The Labute approximate surface area is 121 Å². The highest BCUT2D eigenvalue weighted by atomic mass is 19.1. The van der Waals surface area contributed by atoms with Crippen molar-refractivity contribution in [3.05, 3.63) is 29.6 Å². The van der Waals surface area contributed by atoms with Crippen molar-refractivity contribution in [2.45, 2.75) is 25.3 Å². The van der Waals surface area contributed by atoms with Gasteiger partial charge in [-0.15, -0.1) is 0 Å². The van der Waals surface area contributed by atoms with Crippen LogP contribution in [0.15, 0.2) is 18.2 Å². The molecule has 2 saturated carbocycles. The number of nitrogen functional groups attached to an aromatic ring is 1. The van der Waals surface area contributed by atoms with Gasteiger partial charge in [0.1, 0.15) is 5.82 Å². The van der Waals surface area contributed by atoms with E-state index >= 15 is 0 Å². The first-order valence-electron chi connectivity index (χ1n) is 7.06. The fourth-order valence-corrected chi connectivity index (χ4v) is 3.81. The number of carboxylic acid groups (broad SMARTS) is 1. The summed E-state index contributed by atoms with van der Waals surface area (Å²) in [4.78, 5) is 23.7. The van der Waals surface area contributed by atoms with Gasteiger partial charge in [-0.3, -0.25) is 9.59 Å². The van der Waals surface area contributed by atoms with Crippen molar-refractivity contribution in [2.75, 3.05) is 5.73 Å². The monoisotopic (exact) mass is 292 g/mol. The number of rotatable bonds is 3. The Morgan fingerprint density at radius 2 is 2.00 bits per heavy atom. The molecule has 5 nitrogen and oxygen atoms in total. The van der Waals surface area contributed by atoms with Crippen molar-refractivity contribution < 1.29 is 19.1 Å². The summed E-state index contributed by atoms with van der Waals surface area (Å²) in [6, 6.07) is 3.20. The number of carbonyl (C=O) groups is 2. The second-order valence-electron chi connectivity index (χ2n) is 5.93. The normalized spacial score (nSPS) is 30.3. The molecule has 3 rings (SSSR count). The van der Waals surface area contributed by atoms with E-state index in [2.05, 4.69) is 5.32 Å². The predicted molar refractivity (Wildman–Crippen MR) is 74.0 cm³/mol. The van der Waals surface area contributed by atoms with Crippen LogP contribution in [-0.2, 0) is 4.79 Å². The number of halogens is 1. The third-order valence-corrected chi connectivity index (χ3v) is 4.76. The fraction of sp³-hybridized carbons (Fsp3) is 0.467. The van der Waals surface area contributed by atoms with Crippen molar-refractivity contribution in [2.24, 2.45) is 17.8 Å². The molecule has 1 aromatic rings. The largest absolute Gasteiger partial charge is 0.481 e. The summed E-state index contributed by atoms with van der Waals surface area (Å²) < 4.78 is 13.2. The summed E-state index contributed by atoms with van der Waals surface area (Å²) in [7, 11) is 0. The topological polar surface area (TPSA) is 92.4 Å². The van der Waals surface area contributed by atoms with E-state index in [1.807, 2.05) is 0 Å². The number of hydrogen-bond acceptors (Lipinski definition) is 3. The van der Waals surface area contributed by atoms with Crippen LogP contribution in [0.5, 0.6) is 0 Å². The SMILES string of the molecule is Nc1ccc(F)cc1C(=O)NC1C2CCC(C2)C1C(=O)O. The predicted octanol–water partition coefficient (Wildman–Crippen LogP) is 1.64. The molecule has 21 heavy (non-hydrogen) atoms. The molecule has 0 saturated heterocycles. The second kappa shape index (κ2) is 5.02. The lowest BCUT2D eigenvalue weighted by atomic mass is 9.84. The maximum Gasteiger partial charge on any atom is 0.308 e. The number of anilines is 1. The number of hydrogen-bond donors (Lipinski definition) is 3. The lowest BCUT2D eigenvalue weighted by Crippen LogP contribution is -2.47. The summed E-state index contributed by atoms with van der Waals surface area (Å²) >= 11 is 0. The number of nitrogens with one attached hydrogen (secondary N) is 1. The van der Waals surface area contributed by atoms with E-state index in [1.165, 1.54) is 12.1 Å². The van der Waals surface area contributed by atoms with E-state index in [9.17, 15) is 19.1 Å². The molecule has 4 N–H and O–H groups in total. The number of nitrogens with two attached hydrogens (primary N) is 1. The number of carboxylic acids is 1. The van der Waals surface area contributed by atoms with Crippen LogP contribution >= 0.6 is 0 Å². The minimum Gasteiger partial charge on any atom is -0.481 e. The standard InChI is InChI=1S/C15H17FN2O3/c16-9-3-4-11(17)10(6-9)14(19)18-13-8-2-1-7(5-8)12(13)15(20)21/h3-4,6-8,12-13H,1-2,5,17H2,(H,18,19)(H,20,21). The van der Waals surface area contributed by atoms with Gasteiger partial charge in [0, 0.05) is 11.7 Å². The van der Waals surface area contributed by atoms with Crippen LogP contribution < -0.4 is 11.1 Å². The molecule has 112 valence electrons. The van der Waals surface area contributed by atoms with Gasteiger partial charge in [-0.1, -0.05) is 0 Å². The summed E-state index contributed by atoms with van der Waals surface area (Å²) in [6.45, 7) is 0. The molecule has 4 unspecified atom stereocenters. The quantitative estimate of drug-likeness (QED) is 0.738. The average Bonchev–Trinajstić information content (AvgIpc) is 3.02. The van der Waals surface area contributed by atoms with Crippen LogP contribution in [-0.4, -0.2) is 23.0 Å². The highest BCUT2D eigenvalue weighted by Gasteiger charge is 2.51. The van der Waals surface area contributed by atoms with Gasteiger partial charge in [-0.25, -0.2) is 4.39 Å². The van der Waals surface area contributed by atoms with E-state index in [4.69, 9.17) is 5.73 Å². The summed E-state index contributed by atoms with van der Waals surface area (Å²) in [5, 5.41) is 12.1. The van der Waals surface area contributed by atoms with E-state index in [-0.39, 0.29) is 23.1 Å². The van der Waals surface area contributed by atoms with Gasteiger partial charge in [-0.05, 0) is 49.3 Å². The molecule has 0 heterocycles. The van der Waals surface area contributed by atoms with Crippen LogP contribution in [0.4, 0.5) is 10.1 Å². The van der Waals surface area contributed by atoms with Crippen molar-refractivity contribution in [3.8, 4) is 0 Å². The van der Waals surface area contributed by atoms with Crippen LogP contribution in [0.2, 0.25) is 0 Å². The Hall–Kier alpha value is -2.11. The molecule has 4 atom stereocenters. The average molecular weight is 292 g/mol. The molecule has 2 bridgehead atoms. The smallest absolute Gasteiger partial charge is 0.308 e. The highest BCUT2D eigenvalue weighted by molar-refractivity contribution is 5.99. The maximum absolute atomic E-state index is 13.2. The molecule has 6 heteroatoms. The molecular weight excluding hydrogens is 275 g/mol. The van der Waals surface area contributed by atoms with Crippen LogP contribution in [0, 0.1) is 23.6 Å². The number of amides is 1. The van der Waals surface area contributed by atoms with E-state index < -0.39 is 29.7 Å². The van der Waals surface area contributed by atoms with Crippen LogP contribution in [0.1, 0.15) is 29.6 Å². The van der Waals surface area contributed by atoms with Crippen molar-refractivity contribution in [3.63, 3.8) is 0 Å². The second-order valence-corrected chi connectivity index (χ2v) is 5.93. The first kappa shape index (κ1) is 13.9. The highest BCUT2D eigenvalue weighted by Crippen LogP contribution is 2.48. The van der Waals surface area contributed by atoms with Crippen molar-refractivity contribution in [1.29, 1.82) is 0 Å². The van der Waals surface area contributed by atoms with Crippen molar-refractivity contribution in [1.82, 2.24) is 5.32 Å². The summed E-state index contributed by atoms with van der Waals surface area (Å²) in [5.41, 5.74) is 5.93. The van der Waals surface area contributed by atoms with Gasteiger partial charge < -0.3 is 16.2 Å². The fourth-order valence-electron chi connectivity index (χ4n) is 3.81. The molecule has 1 amide bonds. The number of aliphatic carboxylic acids is 1. The molecule has 2 fully saturated rings. The van der Waals surface area contributed by atoms with Crippen molar-refractivity contribution >= 4 is 17.6 Å². The van der Waals surface area contributed by atoms with Gasteiger partial charge >= 0.3 is 5.97 Å². The maximum atomic E-state index is 13.2. The first-order chi connectivity index (χ1) is 9.97. The minimum atomic E-state index is -0.875. The first-order valence-corrected chi connectivity index (χ1v) is 7.06. The Balaban J connectivity index is 1.81. The van der Waals surface area contributed by atoms with E-state index in [1.54, 1.807) is 0 Å². The molecule has 0 aromatic heterocycles. The van der Waals surface area contributed by atoms with Gasteiger partial charge in [0.25, 0.3) is 5.91 Å². The zero-order chi connectivity index (χ0) is 15.1. The van der Waals surface area contributed by atoms with Crippen LogP contribution in [0.3, 0.4) is 0 Å². The van der Waals surface area contributed by atoms with Gasteiger partial charge in [0.2, 0.25) is 0 Å². The number of fused-ring (bicyclic) bond motifs is 2. The summed E-state index contributed by atoms with van der Waals surface area (Å²) in [6.07, 6.45) is 2.66. The lowest BCUT2D eigenvalue weighted by Gasteiger charge is -2.29. The Morgan fingerprint density at radius 1 is 1.29 bits per heavy atom. The Kier molecular flexibility index (Phi) is 3.31. The number of benzene rings is 1. The van der Waals surface area contributed by atoms with Gasteiger partial charge in [-0.2, -0.15) is 0 Å². The van der Waals surface area contributed by atoms with Crippen LogP contribution in [0.25, 0.3) is 0 Å². The number of carbonyl (C=O) groups excluding carboxylic acids is 1. The zero-order valence-corrected chi connectivity index (χ0v) is 11.4. The molecular formula is C15H17FN2O3. The van der Waals surface area contributed by atoms with E-state index in [0.717, 1.165) is 25.3 Å². The van der Waals surface area contributed by atoms with Gasteiger partial charge in [0.15, 0.2) is 0 Å².